The number of nitrogens with one attached hydrogen (secondary N) is 1. The summed E-state index contributed by atoms with van der Waals surface area (Å²) < 4.78 is 0. The Bertz CT molecular complexity index is 603. The van der Waals surface area contributed by atoms with E-state index >= 15 is 0 Å². The lowest BCUT2D eigenvalue weighted by molar-refractivity contribution is -0.150. The first-order chi connectivity index (χ1) is 10.4. The third-order valence-electron chi connectivity index (χ3n) is 3.27. The predicted octanol–water partition coefficient (Wildman–Crippen LogP) is 0.109. The molecule has 1 fully saturated rings. The number of fused-ring (bicyclic) bond motifs is 1. The summed E-state index contributed by atoms with van der Waals surface area (Å²) in [6.45, 7) is 3.54. The molecule has 0 saturated carbocycles. The lowest BCUT2D eigenvalue weighted by Gasteiger charge is -2.49. The van der Waals surface area contributed by atoms with E-state index in [2.05, 4.69) is 11.9 Å². The molecule has 2 heterocycles. The number of alkyl halides is 1. The van der Waals surface area contributed by atoms with Gasteiger partial charge in [-0.2, -0.15) is 0 Å². The molecule has 0 radical (unpaired) electrons. The largest absolute Gasteiger partial charge is 0.477 e. The summed E-state index contributed by atoms with van der Waals surface area (Å²) in [6.07, 6.45) is 1.01. The van der Waals surface area contributed by atoms with Gasteiger partial charge in [-0.25, -0.2) is 4.79 Å². The molecule has 0 aliphatic carbocycles. The molecule has 2 aliphatic heterocycles. The zero-order valence-corrected chi connectivity index (χ0v) is 12.9. The Morgan fingerprint density at radius 1 is 1.50 bits per heavy atom. The molecule has 1 saturated heterocycles. The molecule has 0 aromatic rings. The van der Waals surface area contributed by atoms with Crippen LogP contribution in [-0.4, -0.2) is 56.6 Å². The second kappa shape index (κ2) is 6.53. The summed E-state index contributed by atoms with van der Waals surface area (Å²) in [5.74, 6) is -2.66. The number of rotatable bonds is 6. The maximum atomic E-state index is 12.1. The number of hydrogen-bond acceptors (Lipinski definition) is 5. The Balaban J connectivity index is 2.10. The highest BCUT2D eigenvalue weighted by Gasteiger charge is 2.53. The molecule has 9 heteroatoms. The van der Waals surface area contributed by atoms with Gasteiger partial charge in [0.1, 0.15) is 17.1 Å². The number of amides is 2. The average Bonchev–Trinajstić information content (AvgIpc) is 2.50. The number of ketones is 1. The van der Waals surface area contributed by atoms with Gasteiger partial charge < -0.3 is 10.4 Å². The molecule has 118 valence electrons. The van der Waals surface area contributed by atoms with Crippen LogP contribution in [0.25, 0.3) is 0 Å². The lowest BCUT2D eigenvalue weighted by Crippen LogP contribution is -2.70. The van der Waals surface area contributed by atoms with Gasteiger partial charge in [-0.3, -0.25) is 19.3 Å². The van der Waals surface area contributed by atoms with Crippen LogP contribution < -0.4 is 5.32 Å². The van der Waals surface area contributed by atoms with Crippen LogP contribution in [0.5, 0.6) is 0 Å². The van der Waals surface area contributed by atoms with Gasteiger partial charge in [0, 0.05) is 5.75 Å². The van der Waals surface area contributed by atoms with Gasteiger partial charge in [0.05, 0.1) is 12.3 Å². The molecular weight excluding hydrogens is 332 g/mol. The molecular formula is C13H13ClN2O5S. The number of nitrogens with zero attached hydrogens (tertiary/aromatic N) is 1. The first-order valence-corrected chi connectivity index (χ1v) is 7.89. The van der Waals surface area contributed by atoms with E-state index in [0.29, 0.717) is 11.3 Å². The second-order valence-corrected chi connectivity index (χ2v) is 6.06. The fourth-order valence-electron chi connectivity index (χ4n) is 2.25. The van der Waals surface area contributed by atoms with Crippen molar-refractivity contribution in [3.63, 3.8) is 0 Å². The number of carbonyl (C=O) groups is 4. The van der Waals surface area contributed by atoms with Gasteiger partial charge in [0.25, 0.3) is 5.91 Å². The highest BCUT2D eigenvalue weighted by atomic mass is 35.5. The van der Waals surface area contributed by atoms with Crippen LogP contribution >= 0.6 is 23.4 Å². The number of thioether (sulfide) groups is 1. The van der Waals surface area contributed by atoms with Crippen molar-refractivity contribution in [2.24, 2.45) is 0 Å². The maximum Gasteiger partial charge on any atom is 0.352 e. The van der Waals surface area contributed by atoms with Crippen molar-refractivity contribution in [3.05, 3.63) is 23.9 Å². The Morgan fingerprint density at radius 3 is 2.73 bits per heavy atom. The van der Waals surface area contributed by atoms with Crippen LogP contribution in [0.2, 0.25) is 0 Å². The number of allylic oxidation sites excluding steroid dienone is 1. The van der Waals surface area contributed by atoms with Crippen LogP contribution in [-0.2, 0) is 19.2 Å². The Kier molecular flexibility index (Phi) is 4.92. The molecule has 1 unspecified atom stereocenters. The van der Waals surface area contributed by atoms with Crippen LogP contribution in [0.4, 0.5) is 0 Å². The molecule has 0 aromatic carbocycles. The Morgan fingerprint density at radius 2 is 2.18 bits per heavy atom. The van der Waals surface area contributed by atoms with Gasteiger partial charge in [0.15, 0.2) is 5.78 Å². The normalized spacial score (nSPS) is 23.5. The first-order valence-electron chi connectivity index (χ1n) is 6.31. The van der Waals surface area contributed by atoms with E-state index in [1.165, 1.54) is 17.8 Å². The second-order valence-electron chi connectivity index (χ2n) is 4.69. The van der Waals surface area contributed by atoms with E-state index in [1.807, 2.05) is 0 Å². The molecule has 2 amide bonds. The highest BCUT2D eigenvalue weighted by Crippen LogP contribution is 2.40. The van der Waals surface area contributed by atoms with Crippen molar-refractivity contribution >= 4 is 46.9 Å². The molecule has 0 aromatic heterocycles. The zero-order valence-electron chi connectivity index (χ0n) is 11.4. The Labute approximate surface area is 135 Å². The number of carbonyl (C=O) groups excluding carboxylic acids is 3. The van der Waals surface area contributed by atoms with Crippen molar-refractivity contribution in [2.45, 2.75) is 17.8 Å². The minimum absolute atomic E-state index is 0.105. The summed E-state index contributed by atoms with van der Waals surface area (Å²) in [6, 6.07) is -0.832. The van der Waals surface area contributed by atoms with Crippen molar-refractivity contribution < 1.29 is 24.3 Å². The third-order valence-corrected chi connectivity index (χ3v) is 4.87. The summed E-state index contributed by atoms with van der Waals surface area (Å²) in [5.41, 5.74) is 0.357. The first kappa shape index (κ1) is 16.6. The van der Waals surface area contributed by atoms with E-state index in [1.54, 1.807) is 0 Å². The molecule has 2 aliphatic rings. The van der Waals surface area contributed by atoms with Crippen LogP contribution in [0.1, 0.15) is 6.42 Å². The number of halogens is 1. The molecule has 2 rings (SSSR count). The van der Waals surface area contributed by atoms with E-state index < -0.39 is 41.4 Å². The number of carboxylic acid groups (broad SMARTS) is 1. The highest BCUT2D eigenvalue weighted by molar-refractivity contribution is 8.00. The quantitative estimate of drug-likeness (QED) is 0.402. The maximum absolute atomic E-state index is 12.1. The van der Waals surface area contributed by atoms with Crippen LogP contribution in [0.3, 0.4) is 0 Å². The summed E-state index contributed by atoms with van der Waals surface area (Å²) >= 11 is 6.65. The number of Topliss-reactive ketones (excluding diaryl/α,β-unsaturated/α-hetero) is 1. The molecule has 2 N–H and O–H groups in total. The number of aliphatic carboxylic acids is 1. The van der Waals surface area contributed by atoms with Gasteiger partial charge in [-0.15, -0.1) is 23.4 Å². The zero-order chi connectivity index (χ0) is 16.4. The van der Waals surface area contributed by atoms with Crippen molar-refractivity contribution in [3.8, 4) is 0 Å². The monoisotopic (exact) mass is 344 g/mol. The van der Waals surface area contributed by atoms with E-state index in [4.69, 9.17) is 11.6 Å². The van der Waals surface area contributed by atoms with Gasteiger partial charge in [-0.1, -0.05) is 12.7 Å². The topological polar surface area (TPSA) is 104 Å². The molecule has 0 spiro atoms. The molecule has 22 heavy (non-hydrogen) atoms. The molecule has 7 nitrogen and oxygen atoms in total. The van der Waals surface area contributed by atoms with Crippen molar-refractivity contribution in [1.82, 2.24) is 10.2 Å². The lowest BCUT2D eigenvalue weighted by atomic mass is 10.0. The average molecular weight is 345 g/mol. The Hall–Kier alpha value is -1.80. The number of carboxylic acids is 1. The van der Waals surface area contributed by atoms with Gasteiger partial charge >= 0.3 is 5.97 Å². The summed E-state index contributed by atoms with van der Waals surface area (Å²) in [4.78, 5) is 47.3. The fourth-order valence-corrected chi connectivity index (χ4v) is 3.69. The van der Waals surface area contributed by atoms with Gasteiger partial charge in [-0.05, 0) is 5.57 Å². The van der Waals surface area contributed by atoms with E-state index in [-0.39, 0.29) is 11.6 Å². The third kappa shape index (κ3) is 2.89. The van der Waals surface area contributed by atoms with Crippen LogP contribution in [0, 0.1) is 0 Å². The minimum atomic E-state index is -1.21. The van der Waals surface area contributed by atoms with Crippen molar-refractivity contribution in [1.29, 1.82) is 0 Å². The van der Waals surface area contributed by atoms with Crippen molar-refractivity contribution in [2.75, 3.05) is 11.6 Å². The SMILES string of the molecule is C=CC1=C(C(=O)O)N2C(=O)C(NC(=O)CC(=O)CCl)[C@@H]2SC1. The number of hydrogen-bond donors (Lipinski definition) is 2. The van der Waals surface area contributed by atoms with Crippen LogP contribution in [0.15, 0.2) is 23.9 Å². The minimum Gasteiger partial charge on any atom is -0.477 e. The summed E-state index contributed by atoms with van der Waals surface area (Å²) in [5, 5.41) is 11.2. The summed E-state index contributed by atoms with van der Waals surface area (Å²) in [7, 11) is 0. The molecule has 0 bridgehead atoms. The van der Waals surface area contributed by atoms with Gasteiger partial charge in [0.2, 0.25) is 5.91 Å². The molecule has 2 atom stereocenters. The smallest absolute Gasteiger partial charge is 0.352 e. The van der Waals surface area contributed by atoms with E-state index in [9.17, 15) is 24.3 Å². The standard InChI is InChI=1S/C13H13ClN2O5S/c1-2-6-5-22-12-9(15-8(18)3-7(17)4-14)11(19)16(12)10(6)13(20)21/h2,9,12H,1,3-5H2,(H,15,18)(H,20,21)/t9?,12-/m0/s1. The van der Waals surface area contributed by atoms with E-state index in [0.717, 1.165) is 4.90 Å². The number of β-lactam (4-membered cyclic amide) rings is 1. The fraction of sp³-hybridized carbons (Fsp3) is 0.385. The predicted molar refractivity (Wildman–Crippen MR) is 80.2 cm³/mol.